The molecule has 2 heterocycles. The van der Waals surface area contributed by atoms with Crippen LogP contribution in [0.25, 0.3) is 0 Å². The predicted octanol–water partition coefficient (Wildman–Crippen LogP) is 3.27. The normalized spacial score (nSPS) is 11.6. The van der Waals surface area contributed by atoms with Gasteiger partial charge in [0, 0.05) is 6.07 Å². The Balaban J connectivity index is 2.24. The number of nitrogens with zero attached hydrogens (tertiary/aromatic N) is 3. The molecular weight excluding hydrogens is 294 g/mol. The second kappa shape index (κ2) is 4.62. The van der Waals surface area contributed by atoms with Crippen molar-refractivity contribution in [1.82, 2.24) is 20.2 Å². The summed E-state index contributed by atoms with van der Waals surface area (Å²) in [6, 6.07) is 0.784. The molecule has 2 N–H and O–H groups in total. The number of alkyl halides is 3. The van der Waals surface area contributed by atoms with E-state index in [0.29, 0.717) is 0 Å². The molecule has 0 saturated heterocycles. The van der Waals surface area contributed by atoms with Crippen molar-refractivity contribution in [3.8, 4) is 0 Å². The second-order valence-electron chi connectivity index (χ2n) is 3.13. The zero-order valence-corrected chi connectivity index (χ0v) is 9.90. The minimum atomic E-state index is -4.50. The molecule has 0 aliphatic heterocycles. The number of halogens is 5. The molecule has 0 radical (unpaired) electrons. The van der Waals surface area contributed by atoms with Crippen molar-refractivity contribution in [1.29, 1.82) is 0 Å². The number of H-pyrrole nitrogens is 1. The molecular formula is C8H4Cl2F3N5. The molecule has 0 aliphatic carbocycles. The number of aromatic amines is 1. The zero-order chi connectivity index (χ0) is 13.3. The van der Waals surface area contributed by atoms with E-state index in [-0.39, 0.29) is 21.9 Å². The zero-order valence-electron chi connectivity index (χ0n) is 8.39. The molecule has 2 aromatic heterocycles. The van der Waals surface area contributed by atoms with Gasteiger partial charge in [-0.2, -0.15) is 23.3 Å². The van der Waals surface area contributed by atoms with Crippen molar-refractivity contribution in [2.24, 2.45) is 0 Å². The molecule has 0 unspecified atom stereocenters. The molecule has 18 heavy (non-hydrogen) atoms. The van der Waals surface area contributed by atoms with Gasteiger partial charge in [-0.15, -0.1) is 0 Å². The predicted molar refractivity (Wildman–Crippen MR) is 58.9 cm³/mol. The highest BCUT2D eigenvalue weighted by Gasteiger charge is 2.33. The summed E-state index contributed by atoms with van der Waals surface area (Å²) in [6.07, 6.45) is -3.28. The fraction of sp³-hybridized carbons (Fsp3) is 0.125. The summed E-state index contributed by atoms with van der Waals surface area (Å²) in [5.74, 6) is -0.0177. The Kier molecular flexibility index (Phi) is 3.31. The molecule has 96 valence electrons. The van der Waals surface area contributed by atoms with Crippen LogP contribution in [0.1, 0.15) is 5.69 Å². The van der Waals surface area contributed by atoms with Crippen LogP contribution in [0.15, 0.2) is 12.3 Å². The van der Waals surface area contributed by atoms with Gasteiger partial charge < -0.3 is 5.32 Å². The highest BCUT2D eigenvalue weighted by Crippen LogP contribution is 2.30. The Labute approximate surface area is 108 Å². The summed E-state index contributed by atoms with van der Waals surface area (Å²) in [4.78, 5) is 7.32. The van der Waals surface area contributed by atoms with E-state index in [1.807, 2.05) is 5.10 Å². The van der Waals surface area contributed by atoms with E-state index < -0.39 is 11.9 Å². The van der Waals surface area contributed by atoms with E-state index in [4.69, 9.17) is 23.2 Å². The summed E-state index contributed by atoms with van der Waals surface area (Å²) in [7, 11) is 0. The minimum absolute atomic E-state index is 0.0666. The van der Waals surface area contributed by atoms with Gasteiger partial charge in [0.25, 0.3) is 0 Å². The van der Waals surface area contributed by atoms with Crippen LogP contribution in [0.4, 0.5) is 24.8 Å². The number of rotatable bonds is 2. The first kappa shape index (κ1) is 12.9. The van der Waals surface area contributed by atoms with Gasteiger partial charge in [0.1, 0.15) is 10.7 Å². The average molecular weight is 298 g/mol. The van der Waals surface area contributed by atoms with E-state index in [1.165, 1.54) is 6.20 Å². The third-order valence-electron chi connectivity index (χ3n) is 1.84. The van der Waals surface area contributed by atoms with Crippen LogP contribution in [-0.4, -0.2) is 20.2 Å². The first-order valence-electron chi connectivity index (χ1n) is 4.44. The van der Waals surface area contributed by atoms with Gasteiger partial charge in [0.2, 0.25) is 5.28 Å². The van der Waals surface area contributed by atoms with Gasteiger partial charge >= 0.3 is 6.18 Å². The van der Waals surface area contributed by atoms with Gasteiger partial charge in [-0.1, -0.05) is 11.6 Å². The maximum atomic E-state index is 12.3. The molecule has 0 bridgehead atoms. The molecule has 0 aliphatic rings. The maximum absolute atomic E-state index is 12.3. The van der Waals surface area contributed by atoms with Gasteiger partial charge in [0.15, 0.2) is 11.6 Å². The molecule has 0 saturated carbocycles. The molecule has 2 rings (SSSR count). The van der Waals surface area contributed by atoms with E-state index in [9.17, 15) is 13.2 Å². The summed E-state index contributed by atoms with van der Waals surface area (Å²) in [6.45, 7) is 0. The van der Waals surface area contributed by atoms with Crippen LogP contribution < -0.4 is 5.32 Å². The first-order valence-corrected chi connectivity index (χ1v) is 5.19. The van der Waals surface area contributed by atoms with Crippen LogP contribution in [-0.2, 0) is 6.18 Å². The van der Waals surface area contributed by atoms with Crippen LogP contribution in [0, 0.1) is 0 Å². The van der Waals surface area contributed by atoms with Crippen LogP contribution >= 0.6 is 23.2 Å². The Hall–Kier alpha value is -1.54. The molecule has 0 spiro atoms. The first-order chi connectivity index (χ1) is 8.36. The van der Waals surface area contributed by atoms with E-state index in [2.05, 4.69) is 20.4 Å². The SMILES string of the molecule is FC(F)(F)c1cc(Nc2nc(Cl)ncc2Cl)n[nH]1. The monoisotopic (exact) mass is 297 g/mol. The number of anilines is 2. The van der Waals surface area contributed by atoms with Crippen molar-refractivity contribution in [2.45, 2.75) is 6.18 Å². The average Bonchev–Trinajstić information content (AvgIpc) is 2.71. The molecule has 0 aromatic carbocycles. The Morgan fingerprint density at radius 1 is 1.28 bits per heavy atom. The lowest BCUT2D eigenvalue weighted by molar-refractivity contribution is -0.141. The van der Waals surface area contributed by atoms with Crippen LogP contribution in [0.2, 0.25) is 10.3 Å². The lowest BCUT2D eigenvalue weighted by atomic mass is 10.4. The van der Waals surface area contributed by atoms with Gasteiger partial charge in [0.05, 0.1) is 6.20 Å². The third kappa shape index (κ3) is 2.82. The largest absolute Gasteiger partial charge is 0.432 e. The highest BCUT2D eigenvalue weighted by molar-refractivity contribution is 6.33. The van der Waals surface area contributed by atoms with Crippen LogP contribution in [0.5, 0.6) is 0 Å². The van der Waals surface area contributed by atoms with E-state index in [0.717, 1.165) is 6.07 Å². The van der Waals surface area contributed by atoms with E-state index >= 15 is 0 Å². The molecule has 0 amide bonds. The summed E-state index contributed by atoms with van der Waals surface area (Å²) >= 11 is 11.3. The number of aromatic nitrogens is 4. The smallest absolute Gasteiger partial charge is 0.322 e. The van der Waals surface area contributed by atoms with Crippen molar-refractivity contribution >= 4 is 34.8 Å². The maximum Gasteiger partial charge on any atom is 0.432 e. The molecule has 5 nitrogen and oxygen atoms in total. The van der Waals surface area contributed by atoms with Crippen LogP contribution in [0.3, 0.4) is 0 Å². The lowest BCUT2D eigenvalue weighted by Crippen LogP contribution is -2.04. The summed E-state index contributed by atoms with van der Waals surface area (Å²) < 4.78 is 36.9. The summed E-state index contributed by atoms with van der Waals surface area (Å²) in [5, 5.41) is 7.79. The standard InChI is InChI=1S/C8H4Cl2F3N5/c9-3-2-14-7(10)16-6(3)15-5-1-4(17-18-5)8(11,12)13/h1-2H,(H2,14,15,16,17,18). The van der Waals surface area contributed by atoms with Crippen molar-refractivity contribution < 1.29 is 13.2 Å². The van der Waals surface area contributed by atoms with Crippen molar-refractivity contribution in [3.05, 3.63) is 28.3 Å². The molecule has 0 fully saturated rings. The Morgan fingerprint density at radius 3 is 2.61 bits per heavy atom. The number of nitrogens with one attached hydrogen (secondary N) is 2. The summed E-state index contributed by atoms with van der Waals surface area (Å²) in [5.41, 5.74) is -0.985. The number of hydrogen-bond donors (Lipinski definition) is 2. The molecule has 0 atom stereocenters. The second-order valence-corrected chi connectivity index (χ2v) is 3.87. The number of hydrogen-bond acceptors (Lipinski definition) is 4. The Morgan fingerprint density at radius 2 is 2.00 bits per heavy atom. The van der Waals surface area contributed by atoms with Gasteiger partial charge in [-0.05, 0) is 11.6 Å². The fourth-order valence-electron chi connectivity index (χ4n) is 1.09. The fourth-order valence-corrected chi connectivity index (χ4v) is 1.36. The van der Waals surface area contributed by atoms with Crippen molar-refractivity contribution in [3.63, 3.8) is 0 Å². The lowest BCUT2D eigenvalue weighted by Gasteiger charge is -2.03. The van der Waals surface area contributed by atoms with Gasteiger partial charge in [-0.3, -0.25) is 5.10 Å². The highest BCUT2D eigenvalue weighted by atomic mass is 35.5. The van der Waals surface area contributed by atoms with Gasteiger partial charge in [-0.25, -0.2) is 4.98 Å². The molecule has 2 aromatic rings. The quantitative estimate of drug-likeness (QED) is 0.835. The minimum Gasteiger partial charge on any atom is -0.322 e. The topological polar surface area (TPSA) is 66.5 Å². The Bertz CT molecular complexity index is 568. The molecule has 10 heteroatoms. The third-order valence-corrected chi connectivity index (χ3v) is 2.30. The van der Waals surface area contributed by atoms with Crippen molar-refractivity contribution in [2.75, 3.05) is 5.32 Å². The van der Waals surface area contributed by atoms with E-state index in [1.54, 1.807) is 0 Å².